The van der Waals surface area contributed by atoms with Gasteiger partial charge in [-0.15, -0.1) is 0 Å². The second-order valence-electron chi connectivity index (χ2n) is 6.77. The number of ether oxygens (including phenoxy) is 2. The summed E-state index contributed by atoms with van der Waals surface area (Å²) in [6.07, 6.45) is -0.815. The monoisotopic (exact) mass is 336 g/mol. The van der Waals surface area contributed by atoms with Gasteiger partial charge in [-0.1, -0.05) is 30.3 Å². The molecule has 132 valence electrons. The summed E-state index contributed by atoms with van der Waals surface area (Å²) in [4.78, 5) is 35.7. The summed E-state index contributed by atoms with van der Waals surface area (Å²) < 4.78 is 10.1. The maximum Gasteiger partial charge on any atom is 0.426 e. The summed E-state index contributed by atoms with van der Waals surface area (Å²) in [5.74, 6) is -1.40. The molecule has 7 heteroatoms. The number of carbonyl (C=O) groups is 3. The Balaban J connectivity index is 2.51. The Kier molecular flexibility index (Phi) is 6.34. The molecule has 0 saturated heterocycles. The Morgan fingerprint density at radius 2 is 1.54 bits per heavy atom. The maximum atomic E-state index is 12.1. The van der Waals surface area contributed by atoms with E-state index in [1.54, 1.807) is 20.8 Å². The maximum absolute atomic E-state index is 12.1. The number of hydrogen-bond acceptors (Lipinski definition) is 5. The molecular formula is C17H24N2O5. The van der Waals surface area contributed by atoms with E-state index >= 15 is 0 Å². The molecule has 24 heavy (non-hydrogen) atoms. The van der Waals surface area contributed by atoms with Crippen molar-refractivity contribution in [2.75, 3.05) is 0 Å². The van der Waals surface area contributed by atoms with Crippen molar-refractivity contribution < 1.29 is 23.9 Å². The molecule has 0 atom stereocenters. The van der Waals surface area contributed by atoms with Gasteiger partial charge in [-0.25, -0.2) is 10.2 Å². The van der Waals surface area contributed by atoms with Gasteiger partial charge >= 0.3 is 12.1 Å². The van der Waals surface area contributed by atoms with E-state index in [0.29, 0.717) is 0 Å². The molecule has 2 N–H and O–H groups in total. The van der Waals surface area contributed by atoms with Gasteiger partial charge in [0.15, 0.2) is 0 Å². The fraction of sp³-hybridized carbons (Fsp3) is 0.471. The highest BCUT2D eigenvalue weighted by molar-refractivity contribution is 6.02. The molecule has 0 aliphatic rings. The number of esters is 1. The quantitative estimate of drug-likeness (QED) is 0.500. The van der Waals surface area contributed by atoms with E-state index in [1.165, 1.54) is 13.8 Å². The SMILES string of the molecule is CC(C)(C)OC(=O)NNC(=O)C(C)(C)C(=O)OCc1ccccc1. The normalized spacial score (nSPS) is 11.4. The highest BCUT2D eigenvalue weighted by Gasteiger charge is 2.38. The number of amides is 2. The second-order valence-corrected chi connectivity index (χ2v) is 6.77. The zero-order valence-electron chi connectivity index (χ0n) is 14.6. The van der Waals surface area contributed by atoms with Crippen molar-refractivity contribution >= 4 is 18.0 Å². The lowest BCUT2D eigenvalue weighted by atomic mass is 9.93. The number of hydrazine groups is 1. The van der Waals surface area contributed by atoms with Gasteiger partial charge in [0, 0.05) is 0 Å². The highest BCUT2D eigenvalue weighted by atomic mass is 16.6. The second kappa shape index (κ2) is 7.81. The molecule has 1 rings (SSSR count). The van der Waals surface area contributed by atoms with Gasteiger partial charge in [-0.2, -0.15) is 0 Å². The molecule has 0 bridgehead atoms. The Bertz CT molecular complexity index is 591. The van der Waals surface area contributed by atoms with Crippen LogP contribution in [0.4, 0.5) is 4.79 Å². The summed E-state index contributed by atoms with van der Waals surface area (Å²) >= 11 is 0. The van der Waals surface area contributed by atoms with E-state index in [4.69, 9.17) is 9.47 Å². The first kappa shape index (κ1) is 19.5. The van der Waals surface area contributed by atoms with Crippen LogP contribution in [0, 0.1) is 5.41 Å². The summed E-state index contributed by atoms with van der Waals surface area (Å²) in [5, 5.41) is 0. The summed E-state index contributed by atoms with van der Waals surface area (Å²) in [6.45, 7) is 7.96. The van der Waals surface area contributed by atoms with Gasteiger partial charge in [0.05, 0.1) is 0 Å². The van der Waals surface area contributed by atoms with Crippen LogP contribution in [-0.2, 0) is 25.7 Å². The molecule has 1 aromatic carbocycles. The zero-order valence-corrected chi connectivity index (χ0v) is 14.6. The van der Waals surface area contributed by atoms with Crippen LogP contribution >= 0.6 is 0 Å². The van der Waals surface area contributed by atoms with Crippen LogP contribution in [0.3, 0.4) is 0 Å². The van der Waals surface area contributed by atoms with E-state index in [0.717, 1.165) is 5.56 Å². The fourth-order valence-corrected chi connectivity index (χ4v) is 1.56. The molecule has 7 nitrogen and oxygen atoms in total. The third kappa shape index (κ3) is 6.28. The van der Waals surface area contributed by atoms with E-state index in [1.807, 2.05) is 30.3 Å². The number of rotatable bonds is 4. The minimum atomic E-state index is -1.47. The van der Waals surface area contributed by atoms with E-state index in [9.17, 15) is 14.4 Å². The van der Waals surface area contributed by atoms with Crippen molar-refractivity contribution in [3.8, 4) is 0 Å². The smallest absolute Gasteiger partial charge is 0.426 e. The first-order chi connectivity index (χ1) is 11.0. The van der Waals surface area contributed by atoms with Crippen LogP contribution < -0.4 is 10.9 Å². The minimum Gasteiger partial charge on any atom is -0.460 e. The summed E-state index contributed by atoms with van der Waals surface area (Å²) in [6, 6.07) is 9.12. The van der Waals surface area contributed by atoms with Crippen LogP contribution in [0.2, 0.25) is 0 Å². The van der Waals surface area contributed by atoms with Crippen LogP contribution in [0.15, 0.2) is 30.3 Å². The topological polar surface area (TPSA) is 93.7 Å². The van der Waals surface area contributed by atoms with Crippen LogP contribution in [0.25, 0.3) is 0 Å². The van der Waals surface area contributed by atoms with Gasteiger partial charge in [0.25, 0.3) is 5.91 Å². The number of carbonyl (C=O) groups excluding carboxylic acids is 3. The molecular weight excluding hydrogens is 312 g/mol. The Morgan fingerprint density at radius 1 is 0.958 bits per heavy atom. The number of nitrogens with one attached hydrogen (secondary N) is 2. The fourth-order valence-electron chi connectivity index (χ4n) is 1.56. The molecule has 0 aliphatic carbocycles. The van der Waals surface area contributed by atoms with Gasteiger partial charge in [0.1, 0.15) is 17.6 Å². The zero-order chi connectivity index (χ0) is 18.4. The van der Waals surface area contributed by atoms with Crippen molar-refractivity contribution in [1.82, 2.24) is 10.9 Å². The Morgan fingerprint density at radius 3 is 2.08 bits per heavy atom. The Labute approximate surface area is 141 Å². The standard InChI is InChI=1S/C17H24N2O5/c1-16(2,3)24-15(22)19-18-13(20)17(4,5)14(21)23-11-12-9-7-6-8-10-12/h6-10H,11H2,1-5H3,(H,18,20)(H,19,22). The van der Waals surface area contributed by atoms with Crippen molar-refractivity contribution in [3.63, 3.8) is 0 Å². The first-order valence-electron chi connectivity index (χ1n) is 7.53. The molecule has 0 spiro atoms. The van der Waals surface area contributed by atoms with Gasteiger partial charge in [-0.3, -0.25) is 15.0 Å². The van der Waals surface area contributed by atoms with E-state index in [-0.39, 0.29) is 6.61 Å². The molecule has 0 radical (unpaired) electrons. The van der Waals surface area contributed by atoms with Gasteiger partial charge in [0.2, 0.25) is 0 Å². The van der Waals surface area contributed by atoms with Gasteiger partial charge < -0.3 is 9.47 Å². The molecule has 1 aromatic rings. The van der Waals surface area contributed by atoms with Crippen LogP contribution in [0.1, 0.15) is 40.2 Å². The number of hydrogen-bond donors (Lipinski definition) is 2. The van der Waals surface area contributed by atoms with Crippen LogP contribution in [0.5, 0.6) is 0 Å². The summed E-state index contributed by atoms with van der Waals surface area (Å²) in [5.41, 5.74) is 2.92. The molecule has 0 aliphatic heterocycles. The lowest BCUT2D eigenvalue weighted by molar-refractivity contribution is -0.160. The van der Waals surface area contributed by atoms with E-state index in [2.05, 4.69) is 10.9 Å². The molecule has 2 amide bonds. The van der Waals surface area contributed by atoms with Crippen molar-refractivity contribution in [3.05, 3.63) is 35.9 Å². The predicted molar refractivity (Wildman–Crippen MR) is 87.5 cm³/mol. The Hall–Kier alpha value is -2.57. The average molecular weight is 336 g/mol. The number of benzene rings is 1. The lowest BCUT2D eigenvalue weighted by Gasteiger charge is -2.23. The molecule has 0 fully saturated rings. The van der Waals surface area contributed by atoms with Gasteiger partial charge in [-0.05, 0) is 40.2 Å². The van der Waals surface area contributed by atoms with Crippen molar-refractivity contribution in [1.29, 1.82) is 0 Å². The largest absolute Gasteiger partial charge is 0.460 e. The average Bonchev–Trinajstić information content (AvgIpc) is 2.49. The summed E-state index contributed by atoms with van der Waals surface area (Å²) in [7, 11) is 0. The molecule has 0 saturated carbocycles. The molecule has 0 aromatic heterocycles. The third-order valence-electron chi connectivity index (χ3n) is 2.97. The highest BCUT2D eigenvalue weighted by Crippen LogP contribution is 2.18. The first-order valence-corrected chi connectivity index (χ1v) is 7.53. The van der Waals surface area contributed by atoms with E-state index < -0.39 is 29.0 Å². The van der Waals surface area contributed by atoms with Crippen molar-refractivity contribution in [2.24, 2.45) is 5.41 Å². The van der Waals surface area contributed by atoms with Crippen LogP contribution in [-0.4, -0.2) is 23.6 Å². The third-order valence-corrected chi connectivity index (χ3v) is 2.97. The minimum absolute atomic E-state index is 0.0654. The lowest BCUT2D eigenvalue weighted by Crippen LogP contribution is -2.51. The molecule has 0 unspecified atom stereocenters. The molecule has 0 heterocycles. The predicted octanol–water partition coefficient (Wildman–Crippen LogP) is 2.31. The van der Waals surface area contributed by atoms with Crippen molar-refractivity contribution in [2.45, 2.75) is 46.8 Å².